The van der Waals surface area contributed by atoms with E-state index in [1.807, 2.05) is 52.3 Å². The van der Waals surface area contributed by atoms with Gasteiger partial charge in [-0.05, 0) is 93.5 Å². The van der Waals surface area contributed by atoms with E-state index < -0.39 is 0 Å². The molecule has 0 spiro atoms. The topological polar surface area (TPSA) is 76.7 Å². The maximum absolute atomic E-state index is 14.7. The van der Waals surface area contributed by atoms with Crippen LogP contribution >= 0.6 is 0 Å². The van der Waals surface area contributed by atoms with E-state index >= 15 is 0 Å². The lowest BCUT2D eigenvalue weighted by atomic mass is 9.99. The summed E-state index contributed by atoms with van der Waals surface area (Å²) >= 11 is 0. The summed E-state index contributed by atoms with van der Waals surface area (Å²) in [6.45, 7) is 6.90. The van der Waals surface area contributed by atoms with Gasteiger partial charge in [-0.2, -0.15) is 5.10 Å². The Morgan fingerprint density at radius 2 is 1.85 bits per heavy atom. The minimum atomic E-state index is -0.240. The van der Waals surface area contributed by atoms with Crippen molar-refractivity contribution in [3.8, 4) is 22.5 Å². The maximum Gasteiger partial charge on any atom is 0.181 e. The molecule has 0 bridgehead atoms. The molecular formula is C33H36FN7. The van der Waals surface area contributed by atoms with Crippen LogP contribution in [0, 0.1) is 5.82 Å². The Kier molecular flexibility index (Phi) is 8.12. The summed E-state index contributed by atoms with van der Waals surface area (Å²) in [5.41, 5.74) is 8.86. The third-order valence-electron chi connectivity index (χ3n) is 7.24. The van der Waals surface area contributed by atoms with E-state index in [0.29, 0.717) is 5.65 Å². The molecule has 0 fully saturated rings. The lowest BCUT2D eigenvalue weighted by molar-refractivity contribution is 0.400. The zero-order valence-corrected chi connectivity index (χ0v) is 24.3. The van der Waals surface area contributed by atoms with Crippen LogP contribution in [0.25, 0.3) is 50.0 Å². The maximum atomic E-state index is 14.7. The first kappa shape index (κ1) is 28.0. The van der Waals surface area contributed by atoms with Crippen LogP contribution < -0.4 is 0 Å². The Bertz CT molecular complexity index is 1770. The third kappa shape index (κ3) is 5.98. The lowest BCUT2D eigenvalue weighted by Crippen LogP contribution is -2.13. The number of rotatable bonds is 10. The highest BCUT2D eigenvalue weighted by Gasteiger charge is 2.16. The van der Waals surface area contributed by atoms with Crippen molar-refractivity contribution in [2.75, 3.05) is 34.7 Å². The number of hydrogen-bond acceptors (Lipinski definition) is 5. The molecule has 2 N–H and O–H groups in total. The average Bonchev–Trinajstić information content (AvgIpc) is 3.56. The average molecular weight is 550 g/mol. The number of nitrogens with zero attached hydrogens (tertiary/aromatic N) is 5. The number of hydrogen-bond donors (Lipinski definition) is 2. The molecule has 0 aliphatic rings. The number of benzene rings is 1. The second-order valence-electron chi connectivity index (χ2n) is 10.7. The Balaban J connectivity index is 1.55. The fourth-order valence-electron chi connectivity index (χ4n) is 5.09. The molecule has 1 aromatic carbocycles. The molecule has 210 valence electrons. The fraction of sp³-hybridized carbons (Fsp3) is 0.242. The number of halogens is 1. The highest BCUT2D eigenvalue weighted by Crippen LogP contribution is 2.34. The number of fused-ring (bicyclic) bond motifs is 2. The number of allylic oxidation sites excluding steroid dienone is 4. The minimum absolute atomic E-state index is 0.240. The van der Waals surface area contributed by atoms with Crippen LogP contribution in [-0.2, 0) is 6.42 Å². The second kappa shape index (κ2) is 11.9. The van der Waals surface area contributed by atoms with Crippen molar-refractivity contribution in [1.82, 2.24) is 34.9 Å². The summed E-state index contributed by atoms with van der Waals surface area (Å²) in [6, 6.07) is 9.45. The van der Waals surface area contributed by atoms with Gasteiger partial charge in [-0.1, -0.05) is 18.7 Å². The van der Waals surface area contributed by atoms with Crippen LogP contribution in [0.4, 0.5) is 4.39 Å². The van der Waals surface area contributed by atoms with Crippen LogP contribution in [0.5, 0.6) is 0 Å². The summed E-state index contributed by atoms with van der Waals surface area (Å²) < 4.78 is 14.7. The number of H-pyrrole nitrogens is 2. The van der Waals surface area contributed by atoms with Gasteiger partial charge in [0, 0.05) is 54.1 Å². The van der Waals surface area contributed by atoms with Gasteiger partial charge in [0.1, 0.15) is 5.82 Å². The number of aryl methyl sites for hydroxylation is 1. The molecule has 5 rings (SSSR count). The molecular weight excluding hydrogens is 513 g/mol. The van der Waals surface area contributed by atoms with Crippen LogP contribution in [-0.4, -0.2) is 69.7 Å². The molecule has 0 atom stereocenters. The van der Waals surface area contributed by atoms with Crippen LogP contribution in [0.3, 0.4) is 0 Å². The molecule has 41 heavy (non-hydrogen) atoms. The van der Waals surface area contributed by atoms with Gasteiger partial charge >= 0.3 is 0 Å². The molecule has 0 aliphatic heterocycles. The highest BCUT2D eigenvalue weighted by atomic mass is 19.1. The smallest absolute Gasteiger partial charge is 0.181 e. The largest absolute Gasteiger partial charge is 0.378 e. The molecule has 4 heterocycles. The summed E-state index contributed by atoms with van der Waals surface area (Å²) in [5.74, 6) is -0.240. The van der Waals surface area contributed by atoms with E-state index in [2.05, 4.69) is 67.0 Å². The van der Waals surface area contributed by atoms with Gasteiger partial charge in [-0.25, -0.2) is 9.37 Å². The molecule has 8 heteroatoms. The SMILES string of the molecule is C=C/C(=C\C(=C/C)c1cnc2n[nH]c(-c3cc4c(-c5cc(F)cc(CCCN(C)C)c5)cncc4[nH]3)c2c1)N(C)C. The zero-order valence-electron chi connectivity index (χ0n) is 24.3. The first-order valence-corrected chi connectivity index (χ1v) is 13.7. The number of aromatic amines is 2. The fourth-order valence-corrected chi connectivity index (χ4v) is 5.09. The quantitative estimate of drug-likeness (QED) is 0.187. The molecule has 7 nitrogen and oxygen atoms in total. The Labute approximate surface area is 240 Å². The van der Waals surface area contributed by atoms with Crippen molar-refractivity contribution in [2.24, 2.45) is 0 Å². The number of likely N-dealkylation sites (N-methyl/N-ethyl adjacent to an activating group) is 1. The summed E-state index contributed by atoms with van der Waals surface area (Å²) in [7, 11) is 8.08. The van der Waals surface area contributed by atoms with Gasteiger partial charge < -0.3 is 14.8 Å². The van der Waals surface area contributed by atoms with E-state index in [1.165, 1.54) is 0 Å². The molecule has 0 aliphatic carbocycles. The number of pyridine rings is 2. The van der Waals surface area contributed by atoms with Crippen LogP contribution in [0.15, 0.2) is 79.4 Å². The Hall–Kier alpha value is -4.56. The van der Waals surface area contributed by atoms with Gasteiger partial charge in [0.2, 0.25) is 0 Å². The normalized spacial score (nSPS) is 12.6. The summed E-state index contributed by atoms with van der Waals surface area (Å²) in [4.78, 5) is 16.7. The van der Waals surface area contributed by atoms with E-state index in [0.717, 1.165) is 80.6 Å². The van der Waals surface area contributed by atoms with Crippen molar-refractivity contribution in [3.63, 3.8) is 0 Å². The van der Waals surface area contributed by atoms with Gasteiger partial charge in [0.05, 0.1) is 23.1 Å². The number of aromatic nitrogens is 5. The minimum Gasteiger partial charge on any atom is -0.378 e. The van der Waals surface area contributed by atoms with Gasteiger partial charge in [0.25, 0.3) is 0 Å². The molecule has 0 amide bonds. The molecule has 0 radical (unpaired) electrons. The van der Waals surface area contributed by atoms with Gasteiger partial charge in [0.15, 0.2) is 5.65 Å². The summed E-state index contributed by atoms with van der Waals surface area (Å²) in [5, 5.41) is 9.49. The van der Waals surface area contributed by atoms with Crippen molar-refractivity contribution in [2.45, 2.75) is 19.8 Å². The monoisotopic (exact) mass is 549 g/mol. The Morgan fingerprint density at radius 1 is 1.02 bits per heavy atom. The zero-order chi connectivity index (χ0) is 29.1. The molecule has 0 saturated heterocycles. The van der Waals surface area contributed by atoms with Crippen molar-refractivity contribution < 1.29 is 4.39 Å². The number of nitrogens with one attached hydrogen (secondary N) is 2. The third-order valence-corrected chi connectivity index (χ3v) is 7.24. The molecule has 0 saturated carbocycles. The molecule has 5 aromatic rings. The van der Waals surface area contributed by atoms with Crippen molar-refractivity contribution in [1.29, 1.82) is 0 Å². The van der Waals surface area contributed by atoms with E-state index in [9.17, 15) is 4.39 Å². The predicted molar refractivity (Wildman–Crippen MR) is 167 cm³/mol. The van der Waals surface area contributed by atoms with Crippen molar-refractivity contribution >= 4 is 27.5 Å². The summed E-state index contributed by atoms with van der Waals surface area (Å²) in [6.07, 6.45) is 13.2. The van der Waals surface area contributed by atoms with E-state index in [4.69, 9.17) is 0 Å². The van der Waals surface area contributed by atoms with Gasteiger partial charge in [-0.3, -0.25) is 10.1 Å². The Morgan fingerprint density at radius 3 is 2.59 bits per heavy atom. The lowest BCUT2D eigenvalue weighted by Gasteiger charge is -2.14. The first-order chi connectivity index (χ1) is 19.8. The first-order valence-electron chi connectivity index (χ1n) is 13.7. The van der Waals surface area contributed by atoms with Crippen molar-refractivity contribution in [3.05, 3.63) is 96.4 Å². The van der Waals surface area contributed by atoms with E-state index in [1.54, 1.807) is 24.5 Å². The van der Waals surface area contributed by atoms with E-state index in [-0.39, 0.29) is 5.82 Å². The highest BCUT2D eigenvalue weighted by molar-refractivity contribution is 6.00. The molecule has 4 aromatic heterocycles. The standard InChI is InChI=1S/C33H36FN7/c1-7-22(15-26(8-2)41(5)6)24-16-28-32(38-39-33(28)36-18-24)30-17-27-29(19-35-20-31(27)37-30)23-12-21(13-25(34)14-23)10-9-11-40(3)4/h7-8,12-20,37H,2,9-11H2,1,3-6H3,(H,36,38,39)/b22-7+,26-15+. The van der Waals surface area contributed by atoms with Crippen LogP contribution in [0.1, 0.15) is 24.5 Å². The van der Waals surface area contributed by atoms with Gasteiger partial charge in [-0.15, -0.1) is 0 Å². The van der Waals surface area contributed by atoms with Crippen LogP contribution in [0.2, 0.25) is 0 Å². The second-order valence-corrected chi connectivity index (χ2v) is 10.7. The predicted octanol–water partition coefficient (Wildman–Crippen LogP) is 6.84. The molecule has 0 unspecified atom stereocenters.